The number of aryl methyl sites for hydroxylation is 2. The molecule has 1 aliphatic rings. The third-order valence-electron chi connectivity index (χ3n) is 5.90. The molecule has 1 unspecified atom stereocenters. The van der Waals surface area contributed by atoms with E-state index in [0.717, 1.165) is 33.5 Å². The van der Waals surface area contributed by atoms with Crippen LogP contribution in [0.4, 0.5) is 0 Å². The molecule has 0 saturated carbocycles. The predicted molar refractivity (Wildman–Crippen MR) is 140 cm³/mol. The number of aromatic nitrogens is 5. The molecule has 0 aromatic carbocycles. The number of aliphatic hydroxyl groups is 1. The first-order valence-corrected chi connectivity index (χ1v) is 12.0. The molecule has 0 fully saturated rings. The Balaban J connectivity index is 1.93. The van der Waals surface area contributed by atoms with Crippen molar-refractivity contribution in [1.82, 2.24) is 29.9 Å². The summed E-state index contributed by atoms with van der Waals surface area (Å²) in [5, 5.41) is 22.4. The highest BCUT2D eigenvalue weighted by Gasteiger charge is 2.21. The normalized spacial score (nSPS) is 20.6. The predicted octanol–water partition coefficient (Wildman–Crippen LogP) is 2.03. The van der Waals surface area contributed by atoms with Gasteiger partial charge in [-0.2, -0.15) is 10.2 Å². The van der Waals surface area contributed by atoms with Crippen molar-refractivity contribution in [2.24, 2.45) is 17.8 Å². The molecule has 4 heterocycles. The Hall–Kier alpha value is -3.70. The zero-order chi connectivity index (χ0) is 25.8. The minimum absolute atomic E-state index is 0.0677. The summed E-state index contributed by atoms with van der Waals surface area (Å²) >= 11 is 0. The number of allylic oxidation sites excluding steroid dienone is 1. The van der Waals surface area contributed by atoms with Gasteiger partial charge in [-0.25, -0.2) is 4.68 Å². The molecule has 192 valence electrons. The summed E-state index contributed by atoms with van der Waals surface area (Å²) in [4.78, 5) is 11.5. The molecule has 11 heteroatoms. The quantitative estimate of drug-likeness (QED) is 0.468. The second-order valence-corrected chi connectivity index (χ2v) is 8.83. The van der Waals surface area contributed by atoms with Gasteiger partial charge in [0.25, 0.3) is 0 Å². The molecule has 3 aromatic rings. The molecule has 0 saturated heterocycles. The summed E-state index contributed by atoms with van der Waals surface area (Å²) in [5.41, 5.74) is 11.6. The van der Waals surface area contributed by atoms with E-state index in [1.807, 2.05) is 53.1 Å². The topological polar surface area (TPSA) is 140 Å². The van der Waals surface area contributed by atoms with Gasteiger partial charge in [0.15, 0.2) is 5.88 Å². The zero-order valence-corrected chi connectivity index (χ0v) is 21.4. The highest BCUT2D eigenvalue weighted by atomic mass is 16.5. The lowest BCUT2D eigenvalue weighted by Gasteiger charge is -2.24. The van der Waals surface area contributed by atoms with E-state index in [1.165, 1.54) is 0 Å². The molecule has 4 N–H and O–H groups in total. The van der Waals surface area contributed by atoms with E-state index in [9.17, 15) is 5.11 Å². The molecule has 1 atom stereocenters. The summed E-state index contributed by atoms with van der Waals surface area (Å²) in [6, 6.07) is 1.99. The molecular formula is C25H34N8O3. The molecule has 0 spiro atoms. The van der Waals surface area contributed by atoms with Gasteiger partial charge in [-0.3, -0.25) is 20.0 Å². The summed E-state index contributed by atoms with van der Waals surface area (Å²) in [7, 11) is 3.84. The fourth-order valence-corrected chi connectivity index (χ4v) is 4.31. The van der Waals surface area contributed by atoms with Gasteiger partial charge in [-0.05, 0) is 46.0 Å². The van der Waals surface area contributed by atoms with Crippen LogP contribution in [0, 0.1) is 6.92 Å². The third kappa shape index (κ3) is 5.26. The molecule has 1 aliphatic heterocycles. The molecule has 3 aromatic heterocycles. The molecule has 4 rings (SSSR count). The number of aromatic amines is 1. The zero-order valence-electron chi connectivity index (χ0n) is 21.4. The van der Waals surface area contributed by atoms with E-state index in [4.69, 9.17) is 20.2 Å². The SMILES string of the molecule is CCO/C(N)=C1\C=C\c2[nH]nc3c(C)nc(cc23)-c2cnn(C)c2OC(C)CN(C)CC1=NCCO. The number of H-pyrrole nitrogens is 1. The monoisotopic (exact) mass is 494 g/mol. The number of nitrogens with one attached hydrogen (secondary N) is 1. The lowest BCUT2D eigenvalue weighted by Crippen LogP contribution is -2.36. The van der Waals surface area contributed by atoms with Gasteiger partial charge in [-0.1, -0.05) is 0 Å². The largest absolute Gasteiger partial charge is 0.479 e. The van der Waals surface area contributed by atoms with Crippen LogP contribution in [0.1, 0.15) is 25.2 Å². The Morgan fingerprint density at radius 2 is 2.17 bits per heavy atom. The van der Waals surface area contributed by atoms with Gasteiger partial charge < -0.3 is 20.3 Å². The van der Waals surface area contributed by atoms with E-state index in [2.05, 4.69) is 25.2 Å². The standard InChI is InChI=1S/C25H34N8O3/c1-6-35-24(26)17-7-8-20-18-11-21(29-16(3)23(18)31-30-20)19-12-28-33(5)25(19)36-15(2)13-32(4)14-22(17)27-9-10-34/h7-8,11-12,15,34H,6,9-10,13-14,26H2,1-5H3,(H,30,31)/b8-7+,24-17+,27-22?. The highest BCUT2D eigenvalue weighted by molar-refractivity contribution is 6.05. The molecular weight excluding hydrogens is 460 g/mol. The van der Waals surface area contributed by atoms with Gasteiger partial charge in [-0.15, -0.1) is 0 Å². The minimum Gasteiger partial charge on any atom is -0.479 e. The molecule has 0 amide bonds. The molecule has 11 nitrogen and oxygen atoms in total. The number of ether oxygens (including phenoxy) is 2. The fraction of sp³-hybridized carbons (Fsp3) is 0.440. The molecule has 2 bridgehead atoms. The van der Waals surface area contributed by atoms with Crippen molar-refractivity contribution in [2.45, 2.75) is 26.9 Å². The average Bonchev–Trinajstić information content (AvgIpc) is 3.40. The summed E-state index contributed by atoms with van der Waals surface area (Å²) in [6.07, 6.45) is 5.41. The van der Waals surface area contributed by atoms with Crippen LogP contribution in [-0.4, -0.2) is 86.7 Å². The van der Waals surface area contributed by atoms with Gasteiger partial charge in [0.05, 0.1) is 59.9 Å². The number of aliphatic hydroxyl groups excluding tert-OH is 1. The number of pyridine rings is 1. The van der Waals surface area contributed by atoms with E-state index < -0.39 is 0 Å². The van der Waals surface area contributed by atoms with Crippen LogP contribution >= 0.6 is 0 Å². The first-order valence-electron chi connectivity index (χ1n) is 12.0. The fourth-order valence-electron chi connectivity index (χ4n) is 4.31. The third-order valence-corrected chi connectivity index (χ3v) is 5.90. The first kappa shape index (κ1) is 25.4. The van der Waals surface area contributed by atoms with Gasteiger partial charge in [0, 0.05) is 25.5 Å². The van der Waals surface area contributed by atoms with Crippen molar-refractivity contribution in [2.75, 3.05) is 39.9 Å². The number of hydrogen-bond donors (Lipinski definition) is 3. The Labute approximate surface area is 210 Å². The number of hydrogen-bond acceptors (Lipinski definition) is 9. The number of likely N-dealkylation sites (N-methyl/N-ethyl adjacent to an activating group) is 1. The van der Waals surface area contributed by atoms with Crippen LogP contribution in [0.15, 0.2) is 34.8 Å². The first-order chi connectivity index (χ1) is 17.3. The van der Waals surface area contributed by atoms with Crippen molar-refractivity contribution in [3.8, 4) is 17.1 Å². The molecule has 36 heavy (non-hydrogen) atoms. The van der Waals surface area contributed by atoms with E-state index >= 15 is 0 Å². The van der Waals surface area contributed by atoms with Gasteiger partial charge in [0.1, 0.15) is 11.6 Å². The second kappa shape index (κ2) is 10.9. The maximum Gasteiger partial charge on any atom is 0.221 e. The van der Waals surface area contributed by atoms with Crippen LogP contribution in [0.25, 0.3) is 28.2 Å². The van der Waals surface area contributed by atoms with E-state index in [1.54, 1.807) is 10.9 Å². The maximum absolute atomic E-state index is 9.45. The van der Waals surface area contributed by atoms with Crippen LogP contribution in [0.5, 0.6) is 5.88 Å². The van der Waals surface area contributed by atoms with Crippen molar-refractivity contribution in [1.29, 1.82) is 0 Å². The van der Waals surface area contributed by atoms with E-state index in [0.29, 0.717) is 36.9 Å². The van der Waals surface area contributed by atoms with Gasteiger partial charge in [0.2, 0.25) is 5.88 Å². The Morgan fingerprint density at radius 3 is 2.92 bits per heavy atom. The smallest absolute Gasteiger partial charge is 0.221 e. The highest BCUT2D eigenvalue weighted by Crippen LogP contribution is 2.32. The number of rotatable bonds is 4. The van der Waals surface area contributed by atoms with Crippen LogP contribution in [0.3, 0.4) is 0 Å². The summed E-state index contributed by atoms with van der Waals surface area (Å²) in [5.74, 6) is 0.918. The summed E-state index contributed by atoms with van der Waals surface area (Å²) < 4.78 is 13.8. The maximum atomic E-state index is 9.45. The Bertz CT molecular complexity index is 1320. The Morgan fingerprint density at radius 1 is 1.36 bits per heavy atom. The number of aliphatic imine (C=N–C) groups is 1. The van der Waals surface area contributed by atoms with Crippen LogP contribution in [-0.2, 0) is 11.8 Å². The van der Waals surface area contributed by atoms with Crippen molar-refractivity contribution >= 4 is 22.7 Å². The van der Waals surface area contributed by atoms with E-state index in [-0.39, 0.29) is 25.1 Å². The summed E-state index contributed by atoms with van der Waals surface area (Å²) in [6.45, 7) is 7.52. The minimum atomic E-state index is -0.158. The second-order valence-electron chi connectivity index (χ2n) is 8.83. The lowest BCUT2D eigenvalue weighted by molar-refractivity contribution is 0.159. The lowest BCUT2D eigenvalue weighted by atomic mass is 10.1. The average molecular weight is 495 g/mol. The number of nitrogens with zero attached hydrogens (tertiary/aromatic N) is 6. The Kier molecular flexibility index (Phi) is 7.70. The van der Waals surface area contributed by atoms with Crippen LogP contribution in [0.2, 0.25) is 0 Å². The van der Waals surface area contributed by atoms with Crippen LogP contribution < -0.4 is 10.5 Å². The van der Waals surface area contributed by atoms with Gasteiger partial charge >= 0.3 is 0 Å². The number of nitrogens with two attached hydrogens (primary N) is 1. The molecule has 0 aliphatic carbocycles. The number of fused-ring (bicyclic) bond motifs is 3. The molecule has 0 radical (unpaired) electrons. The van der Waals surface area contributed by atoms with Crippen molar-refractivity contribution in [3.05, 3.63) is 41.2 Å². The van der Waals surface area contributed by atoms with Crippen molar-refractivity contribution in [3.63, 3.8) is 0 Å². The van der Waals surface area contributed by atoms with Crippen molar-refractivity contribution < 1.29 is 14.6 Å².